The van der Waals surface area contributed by atoms with Gasteiger partial charge in [0.15, 0.2) is 0 Å². The van der Waals surface area contributed by atoms with Crippen molar-refractivity contribution in [3.8, 4) is 0 Å². The van der Waals surface area contributed by atoms with Crippen LogP contribution in [0.3, 0.4) is 0 Å². The molecule has 0 aliphatic heterocycles. The molecule has 0 aliphatic rings. The molecule has 1 aromatic heterocycles. The molecule has 2 aromatic rings. The van der Waals surface area contributed by atoms with Crippen LogP contribution in [0.25, 0.3) is 0 Å². The van der Waals surface area contributed by atoms with E-state index in [-0.39, 0.29) is 11.9 Å². The number of nitrogens with zero attached hydrogens (tertiary/aromatic N) is 2. The maximum atomic E-state index is 13.0. The molecular weight excluding hydrogens is 297 g/mol. The van der Waals surface area contributed by atoms with Gasteiger partial charge in [-0.25, -0.2) is 4.39 Å². The molecule has 0 radical (unpaired) electrons. The largest absolute Gasteiger partial charge is 0.311 e. The van der Waals surface area contributed by atoms with Crippen LogP contribution in [-0.2, 0) is 6.42 Å². The number of hydrogen-bond acceptors (Lipinski definition) is 3. The maximum absolute atomic E-state index is 13.0. The SMILES string of the molecule is CNC(Cc1ccc(F)cc1Br)c1cnccn1. The molecule has 0 spiro atoms. The van der Waals surface area contributed by atoms with Crippen molar-refractivity contribution >= 4 is 15.9 Å². The number of hydrogen-bond donors (Lipinski definition) is 1. The number of aromatic nitrogens is 2. The Kier molecular flexibility index (Phi) is 4.38. The minimum atomic E-state index is -0.244. The topological polar surface area (TPSA) is 37.8 Å². The van der Waals surface area contributed by atoms with Crippen LogP contribution >= 0.6 is 15.9 Å². The van der Waals surface area contributed by atoms with Crippen molar-refractivity contribution < 1.29 is 4.39 Å². The van der Waals surface area contributed by atoms with E-state index < -0.39 is 0 Å². The molecule has 0 saturated carbocycles. The molecule has 94 valence electrons. The molecule has 2 rings (SSSR count). The summed E-state index contributed by atoms with van der Waals surface area (Å²) < 4.78 is 13.8. The van der Waals surface area contributed by atoms with Crippen LogP contribution in [0.4, 0.5) is 4.39 Å². The molecule has 0 saturated heterocycles. The Bertz CT molecular complexity index is 519. The molecule has 1 atom stereocenters. The highest BCUT2D eigenvalue weighted by atomic mass is 79.9. The van der Waals surface area contributed by atoms with Crippen LogP contribution in [-0.4, -0.2) is 17.0 Å². The number of rotatable bonds is 4. The zero-order valence-corrected chi connectivity index (χ0v) is 11.5. The Hall–Kier alpha value is -1.33. The van der Waals surface area contributed by atoms with Crippen molar-refractivity contribution in [1.82, 2.24) is 15.3 Å². The Morgan fingerprint density at radius 1 is 1.39 bits per heavy atom. The lowest BCUT2D eigenvalue weighted by Gasteiger charge is -2.16. The average Bonchev–Trinajstić information content (AvgIpc) is 2.39. The molecule has 1 unspecified atom stereocenters. The summed E-state index contributed by atoms with van der Waals surface area (Å²) in [6, 6.07) is 4.77. The molecule has 1 N–H and O–H groups in total. The summed E-state index contributed by atoms with van der Waals surface area (Å²) >= 11 is 3.37. The third-order valence-corrected chi connectivity index (χ3v) is 3.47. The van der Waals surface area contributed by atoms with E-state index >= 15 is 0 Å². The van der Waals surface area contributed by atoms with Gasteiger partial charge in [-0.1, -0.05) is 22.0 Å². The predicted molar refractivity (Wildman–Crippen MR) is 71.6 cm³/mol. The lowest BCUT2D eigenvalue weighted by Crippen LogP contribution is -2.20. The van der Waals surface area contributed by atoms with E-state index in [2.05, 4.69) is 31.2 Å². The van der Waals surface area contributed by atoms with E-state index in [1.807, 2.05) is 7.05 Å². The van der Waals surface area contributed by atoms with Crippen LogP contribution in [0.15, 0.2) is 41.3 Å². The van der Waals surface area contributed by atoms with Crippen LogP contribution in [0, 0.1) is 5.82 Å². The van der Waals surface area contributed by atoms with Crippen LogP contribution in [0.5, 0.6) is 0 Å². The first kappa shape index (κ1) is 13.1. The number of likely N-dealkylation sites (N-methyl/N-ethyl adjacent to an activating group) is 1. The smallest absolute Gasteiger partial charge is 0.124 e. The van der Waals surface area contributed by atoms with Crippen molar-refractivity contribution in [2.75, 3.05) is 7.05 Å². The van der Waals surface area contributed by atoms with Gasteiger partial charge in [0, 0.05) is 23.1 Å². The van der Waals surface area contributed by atoms with Gasteiger partial charge in [0.05, 0.1) is 11.7 Å². The summed E-state index contributed by atoms with van der Waals surface area (Å²) in [6.45, 7) is 0. The van der Waals surface area contributed by atoms with Crippen molar-refractivity contribution in [3.05, 3.63) is 58.3 Å². The number of benzene rings is 1. The van der Waals surface area contributed by atoms with Crippen LogP contribution < -0.4 is 5.32 Å². The van der Waals surface area contributed by atoms with Crippen LogP contribution in [0.2, 0.25) is 0 Å². The van der Waals surface area contributed by atoms with Gasteiger partial charge in [-0.2, -0.15) is 0 Å². The zero-order valence-electron chi connectivity index (χ0n) is 9.90. The van der Waals surface area contributed by atoms with Gasteiger partial charge in [0.25, 0.3) is 0 Å². The van der Waals surface area contributed by atoms with Gasteiger partial charge in [-0.15, -0.1) is 0 Å². The summed E-state index contributed by atoms with van der Waals surface area (Å²) in [5.74, 6) is -0.244. The quantitative estimate of drug-likeness (QED) is 0.943. The predicted octanol–water partition coefficient (Wildman–Crippen LogP) is 2.88. The average molecular weight is 310 g/mol. The Morgan fingerprint density at radius 2 is 2.22 bits per heavy atom. The van der Waals surface area contributed by atoms with Crippen molar-refractivity contribution in [2.45, 2.75) is 12.5 Å². The lowest BCUT2D eigenvalue weighted by molar-refractivity contribution is 0.570. The summed E-state index contributed by atoms with van der Waals surface area (Å²) in [5, 5.41) is 3.19. The summed E-state index contributed by atoms with van der Waals surface area (Å²) in [7, 11) is 1.87. The number of halogens is 2. The minimum Gasteiger partial charge on any atom is -0.311 e. The molecule has 0 amide bonds. The first-order valence-corrected chi connectivity index (χ1v) is 6.37. The van der Waals surface area contributed by atoms with E-state index in [1.54, 1.807) is 24.7 Å². The van der Waals surface area contributed by atoms with Crippen molar-refractivity contribution in [1.29, 1.82) is 0 Å². The third-order valence-electron chi connectivity index (χ3n) is 2.73. The standard InChI is InChI=1S/C13H13BrFN3/c1-16-12(13-8-17-4-5-18-13)6-9-2-3-10(15)7-11(9)14/h2-5,7-8,12,16H,6H2,1H3. The third kappa shape index (κ3) is 3.11. The first-order valence-electron chi connectivity index (χ1n) is 5.58. The summed E-state index contributed by atoms with van der Waals surface area (Å²) in [4.78, 5) is 8.34. The van der Waals surface area contributed by atoms with Gasteiger partial charge in [0.2, 0.25) is 0 Å². The second kappa shape index (κ2) is 6.02. The molecule has 0 aliphatic carbocycles. The highest BCUT2D eigenvalue weighted by Crippen LogP contribution is 2.23. The van der Waals surface area contributed by atoms with Gasteiger partial charge in [-0.05, 0) is 31.2 Å². The van der Waals surface area contributed by atoms with Gasteiger partial charge in [0.1, 0.15) is 5.82 Å². The van der Waals surface area contributed by atoms with Crippen molar-refractivity contribution in [3.63, 3.8) is 0 Å². The molecule has 3 nitrogen and oxygen atoms in total. The van der Waals surface area contributed by atoms with Gasteiger partial charge < -0.3 is 5.32 Å². The van der Waals surface area contributed by atoms with E-state index in [0.717, 1.165) is 22.2 Å². The van der Waals surface area contributed by atoms with E-state index in [4.69, 9.17) is 0 Å². The zero-order chi connectivity index (χ0) is 13.0. The van der Waals surface area contributed by atoms with Crippen molar-refractivity contribution in [2.24, 2.45) is 0 Å². The minimum absolute atomic E-state index is 0.0560. The molecule has 0 fully saturated rings. The number of nitrogens with one attached hydrogen (secondary N) is 1. The Labute approximate surface area is 114 Å². The second-order valence-electron chi connectivity index (χ2n) is 3.91. The van der Waals surface area contributed by atoms with Gasteiger partial charge in [-0.3, -0.25) is 9.97 Å². The molecular formula is C13H13BrFN3. The van der Waals surface area contributed by atoms with Crippen LogP contribution in [0.1, 0.15) is 17.3 Å². The lowest BCUT2D eigenvalue weighted by atomic mass is 10.0. The highest BCUT2D eigenvalue weighted by molar-refractivity contribution is 9.10. The summed E-state index contributed by atoms with van der Waals surface area (Å²) in [6.07, 6.45) is 5.76. The fourth-order valence-corrected chi connectivity index (χ4v) is 2.26. The molecule has 0 bridgehead atoms. The van der Waals surface area contributed by atoms with E-state index in [9.17, 15) is 4.39 Å². The van der Waals surface area contributed by atoms with Gasteiger partial charge >= 0.3 is 0 Å². The molecule has 1 aromatic carbocycles. The summed E-state index contributed by atoms with van der Waals surface area (Å²) in [5.41, 5.74) is 1.90. The fraction of sp³-hybridized carbons (Fsp3) is 0.231. The molecule has 5 heteroatoms. The normalized spacial score (nSPS) is 12.4. The Balaban J connectivity index is 2.21. The maximum Gasteiger partial charge on any atom is 0.124 e. The van der Waals surface area contributed by atoms with E-state index in [0.29, 0.717) is 0 Å². The first-order chi connectivity index (χ1) is 8.70. The monoisotopic (exact) mass is 309 g/mol. The molecule has 18 heavy (non-hydrogen) atoms. The van der Waals surface area contributed by atoms with E-state index in [1.165, 1.54) is 12.1 Å². The second-order valence-corrected chi connectivity index (χ2v) is 4.77. The Morgan fingerprint density at radius 3 is 2.83 bits per heavy atom. The molecule has 1 heterocycles. The highest BCUT2D eigenvalue weighted by Gasteiger charge is 2.13. The fourth-order valence-electron chi connectivity index (χ4n) is 1.75.